The standard InChI is InChI=1S/C12H17NO2/c1-4-8(2)10-5-6-12(14)11(7-10)9(3)13-15/h5-8,14-15H,4H2,1-3H3/b13-9+. The van der Waals surface area contributed by atoms with Gasteiger partial charge >= 0.3 is 0 Å². The van der Waals surface area contributed by atoms with Crippen molar-refractivity contribution in [1.29, 1.82) is 0 Å². The van der Waals surface area contributed by atoms with Gasteiger partial charge in [-0.2, -0.15) is 0 Å². The monoisotopic (exact) mass is 207 g/mol. The summed E-state index contributed by atoms with van der Waals surface area (Å²) in [4.78, 5) is 0. The number of phenolic OH excluding ortho intramolecular Hbond substituents is 1. The number of oxime groups is 1. The highest BCUT2D eigenvalue weighted by Gasteiger charge is 2.09. The van der Waals surface area contributed by atoms with E-state index in [1.807, 2.05) is 12.1 Å². The molecule has 1 aromatic rings. The average molecular weight is 207 g/mol. The second-order valence-corrected chi connectivity index (χ2v) is 3.77. The molecule has 0 radical (unpaired) electrons. The summed E-state index contributed by atoms with van der Waals surface area (Å²) in [7, 11) is 0. The van der Waals surface area contributed by atoms with E-state index in [9.17, 15) is 5.11 Å². The molecule has 0 saturated carbocycles. The van der Waals surface area contributed by atoms with Crippen LogP contribution in [0.2, 0.25) is 0 Å². The van der Waals surface area contributed by atoms with Gasteiger partial charge in [-0.15, -0.1) is 0 Å². The molecule has 0 aliphatic carbocycles. The van der Waals surface area contributed by atoms with E-state index in [1.54, 1.807) is 13.0 Å². The van der Waals surface area contributed by atoms with Crippen molar-refractivity contribution in [2.24, 2.45) is 5.16 Å². The van der Waals surface area contributed by atoms with Crippen molar-refractivity contribution in [3.05, 3.63) is 29.3 Å². The number of nitrogens with zero attached hydrogens (tertiary/aromatic N) is 1. The highest BCUT2D eigenvalue weighted by Crippen LogP contribution is 2.25. The summed E-state index contributed by atoms with van der Waals surface area (Å²) in [6.07, 6.45) is 1.04. The molecule has 1 unspecified atom stereocenters. The quantitative estimate of drug-likeness (QED) is 0.454. The molecule has 1 aromatic carbocycles. The lowest BCUT2D eigenvalue weighted by atomic mass is 9.95. The van der Waals surface area contributed by atoms with E-state index in [0.29, 0.717) is 17.2 Å². The first-order valence-electron chi connectivity index (χ1n) is 5.12. The van der Waals surface area contributed by atoms with E-state index in [2.05, 4.69) is 19.0 Å². The molecule has 0 spiro atoms. The molecule has 1 atom stereocenters. The van der Waals surface area contributed by atoms with Crippen molar-refractivity contribution < 1.29 is 10.3 Å². The van der Waals surface area contributed by atoms with Gasteiger partial charge in [0.1, 0.15) is 5.75 Å². The molecule has 0 heterocycles. The van der Waals surface area contributed by atoms with Gasteiger partial charge in [-0.1, -0.05) is 25.1 Å². The van der Waals surface area contributed by atoms with Gasteiger partial charge in [-0.05, 0) is 37.0 Å². The number of phenols is 1. The van der Waals surface area contributed by atoms with Gasteiger partial charge in [-0.25, -0.2) is 0 Å². The Balaban J connectivity index is 3.16. The highest BCUT2D eigenvalue weighted by molar-refractivity contribution is 6.00. The van der Waals surface area contributed by atoms with Gasteiger partial charge in [0.15, 0.2) is 0 Å². The predicted molar refractivity (Wildman–Crippen MR) is 60.8 cm³/mol. The van der Waals surface area contributed by atoms with Crippen LogP contribution in [0.5, 0.6) is 5.75 Å². The number of aromatic hydroxyl groups is 1. The maximum absolute atomic E-state index is 9.60. The summed E-state index contributed by atoms with van der Waals surface area (Å²) in [5.41, 5.74) is 2.17. The van der Waals surface area contributed by atoms with E-state index >= 15 is 0 Å². The van der Waals surface area contributed by atoms with Crippen LogP contribution in [0.25, 0.3) is 0 Å². The molecule has 0 saturated heterocycles. The van der Waals surface area contributed by atoms with Crippen LogP contribution in [-0.2, 0) is 0 Å². The minimum Gasteiger partial charge on any atom is -0.507 e. The van der Waals surface area contributed by atoms with Crippen molar-refractivity contribution in [2.45, 2.75) is 33.1 Å². The highest BCUT2D eigenvalue weighted by atomic mass is 16.4. The van der Waals surface area contributed by atoms with E-state index < -0.39 is 0 Å². The summed E-state index contributed by atoms with van der Waals surface area (Å²) in [6, 6.07) is 5.42. The Kier molecular flexibility index (Phi) is 3.72. The lowest BCUT2D eigenvalue weighted by Crippen LogP contribution is -1.99. The average Bonchev–Trinajstić information content (AvgIpc) is 2.27. The zero-order valence-electron chi connectivity index (χ0n) is 9.36. The first-order valence-corrected chi connectivity index (χ1v) is 5.12. The maximum Gasteiger partial charge on any atom is 0.124 e. The molecule has 0 fully saturated rings. The van der Waals surface area contributed by atoms with Crippen LogP contribution in [0.1, 0.15) is 44.2 Å². The van der Waals surface area contributed by atoms with Crippen LogP contribution in [0, 0.1) is 0 Å². The third-order valence-corrected chi connectivity index (χ3v) is 2.74. The fourth-order valence-corrected chi connectivity index (χ4v) is 1.44. The molecule has 1 rings (SSSR count). The SMILES string of the molecule is CCC(C)c1ccc(O)c(/C(C)=N/O)c1. The van der Waals surface area contributed by atoms with Crippen LogP contribution in [0.4, 0.5) is 0 Å². The van der Waals surface area contributed by atoms with Gasteiger partial charge in [0.25, 0.3) is 0 Å². The van der Waals surface area contributed by atoms with Crippen molar-refractivity contribution >= 4 is 5.71 Å². The lowest BCUT2D eigenvalue weighted by molar-refractivity contribution is 0.318. The molecule has 0 bridgehead atoms. The number of rotatable bonds is 3. The summed E-state index contributed by atoms with van der Waals surface area (Å²) in [6.45, 7) is 5.90. The van der Waals surface area contributed by atoms with Crippen LogP contribution in [0.15, 0.2) is 23.4 Å². The number of hydrogen-bond donors (Lipinski definition) is 2. The van der Waals surface area contributed by atoms with E-state index in [-0.39, 0.29) is 5.75 Å². The summed E-state index contributed by atoms with van der Waals surface area (Å²) in [5.74, 6) is 0.591. The fraction of sp³-hybridized carbons (Fsp3) is 0.417. The molecule has 82 valence electrons. The topological polar surface area (TPSA) is 52.8 Å². The van der Waals surface area contributed by atoms with Crippen molar-refractivity contribution in [1.82, 2.24) is 0 Å². The summed E-state index contributed by atoms with van der Waals surface area (Å²) >= 11 is 0. The zero-order valence-corrected chi connectivity index (χ0v) is 9.36. The van der Waals surface area contributed by atoms with Crippen LogP contribution in [-0.4, -0.2) is 16.0 Å². The first kappa shape index (κ1) is 11.6. The molecule has 0 aromatic heterocycles. The van der Waals surface area contributed by atoms with Crippen molar-refractivity contribution in [2.75, 3.05) is 0 Å². The van der Waals surface area contributed by atoms with E-state index in [0.717, 1.165) is 12.0 Å². The minimum absolute atomic E-state index is 0.150. The Bertz CT molecular complexity index is 372. The van der Waals surface area contributed by atoms with Crippen molar-refractivity contribution in [3.63, 3.8) is 0 Å². The molecule has 0 aliphatic rings. The Morgan fingerprint density at radius 3 is 2.67 bits per heavy atom. The smallest absolute Gasteiger partial charge is 0.124 e. The normalized spacial score (nSPS) is 13.9. The molecule has 2 N–H and O–H groups in total. The number of benzene rings is 1. The largest absolute Gasteiger partial charge is 0.507 e. The van der Waals surface area contributed by atoms with Crippen LogP contribution < -0.4 is 0 Å². The van der Waals surface area contributed by atoms with E-state index in [4.69, 9.17) is 5.21 Å². The summed E-state index contributed by atoms with van der Waals surface area (Å²) < 4.78 is 0. The van der Waals surface area contributed by atoms with Crippen LogP contribution in [0.3, 0.4) is 0 Å². The molecular weight excluding hydrogens is 190 g/mol. The predicted octanol–water partition coefficient (Wildman–Crippen LogP) is 3.10. The third-order valence-electron chi connectivity index (χ3n) is 2.74. The fourth-order valence-electron chi connectivity index (χ4n) is 1.44. The molecule has 0 amide bonds. The third kappa shape index (κ3) is 2.49. The Hall–Kier alpha value is -1.51. The molecule has 15 heavy (non-hydrogen) atoms. The zero-order chi connectivity index (χ0) is 11.4. The lowest BCUT2D eigenvalue weighted by Gasteiger charge is -2.11. The second-order valence-electron chi connectivity index (χ2n) is 3.77. The summed E-state index contributed by atoms with van der Waals surface area (Å²) in [5, 5.41) is 21.4. The Morgan fingerprint density at radius 2 is 2.13 bits per heavy atom. The second kappa shape index (κ2) is 4.82. The van der Waals surface area contributed by atoms with Gasteiger partial charge in [0, 0.05) is 5.56 Å². The number of hydrogen-bond acceptors (Lipinski definition) is 3. The van der Waals surface area contributed by atoms with Crippen LogP contribution >= 0.6 is 0 Å². The van der Waals surface area contributed by atoms with Gasteiger partial charge < -0.3 is 10.3 Å². The van der Waals surface area contributed by atoms with E-state index in [1.165, 1.54) is 0 Å². The van der Waals surface area contributed by atoms with Gasteiger partial charge in [0.2, 0.25) is 0 Å². The Morgan fingerprint density at radius 1 is 1.47 bits per heavy atom. The maximum atomic E-state index is 9.60. The molecular formula is C12H17NO2. The minimum atomic E-state index is 0.150. The molecule has 0 aliphatic heterocycles. The molecule has 3 heteroatoms. The van der Waals surface area contributed by atoms with Crippen molar-refractivity contribution in [3.8, 4) is 5.75 Å². The first-order chi connectivity index (χ1) is 7.10. The van der Waals surface area contributed by atoms with Gasteiger partial charge in [0.05, 0.1) is 5.71 Å². The molecule has 3 nitrogen and oxygen atoms in total. The van der Waals surface area contributed by atoms with Gasteiger partial charge in [-0.3, -0.25) is 0 Å². The Labute approximate surface area is 90.1 Å².